The summed E-state index contributed by atoms with van der Waals surface area (Å²) in [7, 11) is 3.27. The summed E-state index contributed by atoms with van der Waals surface area (Å²) in [6.07, 6.45) is 0. The molecule has 2 N–H and O–H groups in total. The van der Waals surface area contributed by atoms with Crippen LogP contribution in [0.25, 0.3) is 0 Å². The molecule has 0 aromatic heterocycles. The highest BCUT2D eigenvalue weighted by Crippen LogP contribution is 2.37. The minimum absolute atomic E-state index is 0.260. The Bertz CT molecular complexity index is 602. The van der Waals surface area contributed by atoms with Crippen molar-refractivity contribution in [3.8, 4) is 11.5 Å². The van der Waals surface area contributed by atoms with E-state index in [1.54, 1.807) is 14.2 Å². The Morgan fingerprint density at radius 2 is 1.65 bits per heavy atom. The van der Waals surface area contributed by atoms with Gasteiger partial charge in [-0.25, -0.2) is 0 Å². The van der Waals surface area contributed by atoms with Crippen molar-refractivity contribution in [2.75, 3.05) is 14.2 Å². The van der Waals surface area contributed by atoms with Crippen molar-refractivity contribution in [1.29, 1.82) is 0 Å². The van der Waals surface area contributed by atoms with Gasteiger partial charge in [0.05, 0.1) is 24.7 Å². The van der Waals surface area contributed by atoms with Crippen LogP contribution in [0.5, 0.6) is 11.5 Å². The highest BCUT2D eigenvalue weighted by molar-refractivity contribution is 14.1. The van der Waals surface area contributed by atoms with Crippen LogP contribution >= 0.6 is 38.5 Å². The molecule has 2 rings (SSSR count). The standard InChI is InChI=1S/C15H15BrINO2/c1-19-13-8-12(16)14(20-2)7-11(13)15(18)9-3-5-10(17)6-4-9/h3-8,15H,18H2,1-2H3. The molecule has 0 fully saturated rings. The van der Waals surface area contributed by atoms with E-state index >= 15 is 0 Å². The summed E-state index contributed by atoms with van der Waals surface area (Å²) in [5, 5.41) is 0. The molecule has 0 bridgehead atoms. The number of ether oxygens (including phenoxy) is 2. The van der Waals surface area contributed by atoms with Crippen LogP contribution in [0.15, 0.2) is 40.9 Å². The minimum Gasteiger partial charge on any atom is -0.496 e. The summed E-state index contributed by atoms with van der Waals surface area (Å²) in [5.41, 5.74) is 8.30. The van der Waals surface area contributed by atoms with E-state index in [1.807, 2.05) is 36.4 Å². The minimum atomic E-state index is -0.260. The van der Waals surface area contributed by atoms with Gasteiger partial charge >= 0.3 is 0 Å². The fraction of sp³-hybridized carbons (Fsp3) is 0.200. The molecule has 0 radical (unpaired) electrons. The second-order valence-corrected chi connectivity index (χ2v) is 6.36. The third kappa shape index (κ3) is 3.27. The Balaban J connectivity index is 2.47. The fourth-order valence-electron chi connectivity index (χ4n) is 1.98. The normalized spacial score (nSPS) is 12.1. The first kappa shape index (κ1) is 15.6. The smallest absolute Gasteiger partial charge is 0.133 e. The van der Waals surface area contributed by atoms with Gasteiger partial charge in [0.2, 0.25) is 0 Å². The topological polar surface area (TPSA) is 44.5 Å². The predicted octanol–water partition coefficient (Wildman–Crippen LogP) is 4.12. The first-order valence-corrected chi connectivity index (χ1v) is 7.86. The number of halogens is 2. The van der Waals surface area contributed by atoms with E-state index in [2.05, 4.69) is 38.5 Å². The molecule has 0 spiro atoms. The summed E-state index contributed by atoms with van der Waals surface area (Å²) >= 11 is 5.72. The summed E-state index contributed by atoms with van der Waals surface area (Å²) in [6.45, 7) is 0. The average molecular weight is 448 g/mol. The number of benzene rings is 2. The Hall–Kier alpha value is -0.790. The number of rotatable bonds is 4. The van der Waals surface area contributed by atoms with E-state index in [1.165, 1.54) is 3.57 Å². The zero-order chi connectivity index (χ0) is 14.7. The molecule has 0 aliphatic carbocycles. The zero-order valence-electron chi connectivity index (χ0n) is 11.2. The number of methoxy groups -OCH3 is 2. The molecule has 0 saturated carbocycles. The van der Waals surface area contributed by atoms with Crippen LogP contribution in [0.2, 0.25) is 0 Å². The van der Waals surface area contributed by atoms with Crippen LogP contribution in [0.4, 0.5) is 0 Å². The molecule has 3 nitrogen and oxygen atoms in total. The second kappa shape index (κ2) is 6.78. The monoisotopic (exact) mass is 447 g/mol. The van der Waals surface area contributed by atoms with Crippen LogP contribution in [0.1, 0.15) is 17.2 Å². The first-order chi connectivity index (χ1) is 9.56. The van der Waals surface area contributed by atoms with Gasteiger partial charge in [-0.2, -0.15) is 0 Å². The van der Waals surface area contributed by atoms with Crippen molar-refractivity contribution >= 4 is 38.5 Å². The number of hydrogen-bond donors (Lipinski definition) is 1. The molecule has 0 heterocycles. The number of nitrogens with two attached hydrogens (primary N) is 1. The van der Waals surface area contributed by atoms with Gasteiger partial charge in [0.1, 0.15) is 11.5 Å². The summed E-state index contributed by atoms with van der Waals surface area (Å²) in [6, 6.07) is 11.7. The van der Waals surface area contributed by atoms with Crippen LogP contribution in [0, 0.1) is 3.57 Å². The fourth-order valence-corrected chi connectivity index (χ4v) is 2.82. The predicted molar refractivity (Wildman–Crippen MR) is 92.4 cm³/mol. The molecule has 2 aromatic rings. The highest BCUT2D eigenvalue weighted by atomic mass is 127. The molecule has 0 aliphatic heterocycles. The Labute approximate surface area is 140 Å². The van der Waals surface area contributed by atoms with Gasteiger partial charge in [0, 0.05) is 9.13 Å². The van der Waals surface area contributed by atoms with E-state index in [0.29, 0.717) is 0 Å². The summed E-state index contributed by atoms with van der Waals surface area (Å²) in [5.74, 6) is 1.48. The van der Waals surface area contributed by atoms with Gasteiger partial charge < -0.3 is 15.2 Å². The van der Waals surface area contributed by atoms with Crippen molar-refractivity contribution in [2.45, 2.75) is 6.04 Å². The maximum Gasteiger partial charge on any atom is 0.133 e. The molecule has 0 saturated heterocycles. The molecular weight excluding hydrogens is 433 g/mol. The Morgan fingerprint density at radius 3 is 2.20 bits per heavy atom. The van der Waals surface area contributed by atoms with Crippen molar-refractivity contribution in [2.24, 2.45) is 5.73 Å². The summed E-state index contributed by atoms with van der Waals surface area (Å²) < 4.78 is 12.8. The highest BCUT2D eigenvalue weighted by Gasteiger charge is 2.17. The first-order valence-electron chi connectivity index (χ1n) is 5.99. The molecule has 2 aromatic carbocycles. The van der Waals surface area contributed by atoms with Crippen molar-refractivity contribution in [1.82, 2.24) is 0 Å². The molecule has 20 heavy (non-hydrogen) atoms. The Kier molecular flexibility index (Phi) is 5.29. The lowest BCUT2D eigenvalue weighted by Crippen LogP contribution is -2.13. The summed E-state index contributed by atoms with van der Waals surface area (Å²) in [4.78, 5) is 0. The van der Waals surface area contributed by atoms with Gasteiger partial charge in [0.25, 0.3) is 0 Å². The average Bonchev–Trinajstić information content (AvgIpc) is 2.47. The molecule has 0 amide bonds. The zero-order valence-corrected chi connectivity index (χ0v) is 14.9. The SMILES string of the molecule is COc1cc(C(N)c2ccc(I)cc2)c(OC)cc1Br. The Morgan fingerprint density at radius 1 is 1.05 bits per heavy atom. The van der Waals surface area contributed by atoms with Crippen LogP contribution in [0.3, 0.4) is 0 Å². The van der Waals surface area contributed by atoms with E-state index in [-0.39, 0.29) is 6.04 Å². The van der Waals surface area contributed by atoms with Gasteiger partial charge in [0.15, 0.2) is 0 Å². The van der Waals surface area contributed by atoms with Gasteiger partial charge in [-0.3, -0.25) is 0 Å². The molecular formula is C15H15BrINO2. The lowest BCUT2D eigenvalue weighted by atomic mass is 9.98. The maximum absolute atomic E-state index is 6.36. The largest absolute Gasteiger partial charge is 0.496 e. The van der Waals surface area contributed by atoms with Crippen LogP contribution in [-0.4, -0.2) is 14.2 Å². The molecule has 5 heteroatoms. The quantitative estimate of drug-likeness (QED) is 0.717. The molecule has 0 aliphatic rings. The van der Waals surface area contributed by atoms with E-state index in [9.17, 15) is 0 Å². The van der Waals surface area contributed by atoms with Crippen LogP contribution < -0.4 is 15.2 Å². The van der Waals surface area contributed by atoms with Gasteiger partial charge in [-0.05, 0) is 68.3 Å². The van der Waals surface area contributed by atoms with Crippen molar-refractivity contribution in [3.05, 3.63) is 55.6 Å². The van der Waals surface area contributed by atoms with Gasteiger partial charge in [-0.15, -0.1) is 0 Å². The second-order valence-electron chi connectivity index (χ2n) is 4.26. The lowest BCUT2D eigenvalue weighted by Gasteiger charge is -2.18. The molecule has 1 unspecified atom stereocenters. The van der Waals surface area contributed by atoms with Crippen molar-refractivity contribution < 1.29 is 9.47 Å². The van der Waals surface area contributed by atoms with E-state index in [0.717, 1.165) is 27.1 Å². The third-order valence-corrected chi connectivity index (χ3v) is 4.41. The molecule has 1 atom stereocenters. The van der Waals surface area contributed by atoms with Crippen molar-refractivity contribution in [3.63, 3.8) is 0 Å². The van der Waals surface area contributed by atoms with E-state index < -0.39 is 0 Å². The molecule has 106 valence electrons. The van der Waals surface area contributed by atoms with E-state index in [4.69, 9.17) is 15.2 Å². The maximum atomic E-state index is 6.36. The number of hydrogen-bond acceptors (Lipinski definition) is 3. The third-order valence-electron chi connectivity index (χ3n) is 3.07. The van der Waals surface area contributed by atoms with Crippen LogP contribution in [-0.2, 0) is 0 Å². The lowest BCUT2D eigenvalue weighted by molar-refractivity contribution is 0.395. The van der Waals surface area contributed by atoms with Gasteiger partial charge in [-0.1, -0.05) is 12.1 Å².